The molecule has 0 N–H and O–H groups in total. The molecule has 0 aromatic carbocycles. The fraction of sp³-hybridized carbons (Fsp3) is 0.600. The second-order valence-corrected chi connectivity index (χ2v) is 3.76. The van der Waals surface area contributed by atoms with Gasteiger partial charge in [-0.2, -0.15) is 0 Å². The van der Waals surface area contributed by atoms with E-state index in [1.54, 1.807) is 0 Å². The highest BCUT2D eigenvalue weighted by Crippen LogP contribution is 2.14. The Balaban J connectivity index is 1.94. The van der Waals surface area contributed by atoms with Gasteiger partial charge in [-0.05, 0) is 13.3 Å². The summed E-state index contributed by atoms with van der Waals surface area (Å²) < 4.78 is 12.9. The van der Waals surface area contributed by atoms with Crippen LogP contribution in [0, 0.1) is 6.92 Å². The smallest absolute Gasteiger partial charge is 0.125 e. The van der Waals surface area contributed by atoms with Gasteiger partial charge in [-0.3, -0.25) is 4.90 Å². The molecule has 0 saturated carbocycles. The van der Waals surface area contributed by atoms with Crippen molar-refractivity contribution in [3.05, 3.63) is 23.8 Å². The van der Waals surface area contributed by atoms with E-state index in [1.165, 1.54) is 0 Å². The summed E-state index contributed by atoms with van der Waals surface area (Å²) in [6, 6.07) is 0. The van der Waals surface area contributed by atoms with Crippen LogP contribution in [-0.4, -0.2) is 34.1 Å². The lowest BCUT2D eigenvalue weighted by Gasteiger charge is -2.13. The highest BCUT2D eigenvalue weighted by molar-refractivity contribution is 5.05. The van der Waals surface area contributed by atoms with Crippen LogP contribution in [0.15, 0.2) is 12.4 Å². The molecular weight excluding hydrogens is 181 g/mol. The second kappa shape index (κ2) is 4.00. The van der Waals surface area contributed by atoms with Crippen LogP contribution in [-0.2, 0) is 6.54 Å². The van der Waals surface area contributed by atoms with Crippen LogP contribution >= 0.6 is 0 Å². The van der Waals surface area contributed by atoms with Gasteiger partial charge in [-0.15, -0.1) is 0 Å². The maximum Gasteiger partial charge on any atom is 0.125 e. The molecule has 1 atom stereocenters. The van der Waals surface area contributed by atoms with Crippen LogP contribution in [0.4, 0.5) is 4.39 Å². The standard InChI is InChI=1S/C10H14FN3/c1-8-12-4-9(5-13-8)6-14-3-2-10(11)7-14/h4-5,10H,2-3,6-7H2,1H3/t10-/m0/s1. The van der Waals surface area contributed by atoms with E-state index in [0.29, 0.717) is 13.0 Å². The molecule has 0 amide bonds. The Morgan fingerprint density at radius 2 is 2.21 bits per heavy atom. The molecular formula is C10H14FN3. The van der Waals surface area contributed by atoms with Crippen molar-refractivity contribution in [3.63, 3.8) is 0 Å². The lowest BCUT2D eigenvalue weighted by atomic mass is 10.3. The minimum atomic E-state index is -0.652. The fourth-order valence-corrected chi connectivity index (χ4v) is 1.69. The average Bonchev–Trinajstić information content (AvgIpc) is 2.56. The minimum absolute atomic E-state index is 0.549. The van der Waals surface area contributed by atoms with Crippen LogP contribution < -0.4 is 0 Å². The normalized spacial score (nSPS) is 22.9. The van der Waals surface area contributed by atoms with Gasteiger partial charge in [-0.1, -0.05) is 0 Å². The van der Waals surface area contributed by atoms with Gasteiger partial charge in [-0.25, -0.2) is 14.4 Å². The SMILES string of the molecule is Cc1ncc(CN2CC[C@H](F)C2)cn1. The molecule has 1 aliphatic heterocycles. The number of nitrogens with zero attached hydrogens (tertiary/aromatic N) is 3. The molecule has 2 heterocycles. The molecule has 1 aromatic rings. The molecule has 0 bridgehead atoms. The molecule has 2 rings (SSSR count). The Bertz CT molecular complexity index is 299. The summed E-state index contributed by atoms with van der Waals surface area (Å²) in [7, 11) is 0. The highest BCUT2D eigenvalue weighted by atomic mass is 19.1. The van der Waals surface area contributed by atoms with Crippen LogP contribution in [0.5, 0.6) is 0 Å². The number of aromatic nitrogens is 2. The number of likely N-dealkylation sites (tertiary alicyclic amines) is 1. The molecule has 1 saturated heterocycles. The summed E-state index contributed by atoms with van der Waals surface area (Å²) in [5, 5.41) is 0. The zero-order valence-corrected chi connectivity index (χ0v) is 8.28. The molecule has 0 aliphatic carbocycles. The highest BCUT2D eigenvalue weighted by Gasteiger charge is 2.21. The fourth-order valence-electron chi connectivity index (χ4n) is 1.69. The first kappa shape index (κ1) is 9.52. The van der Waals surface area contributed by atoms with Crippen molar-refractivity contribution in [2.75, 3.05) is 13.1 Å². The van der Waals surface area contributed by atoms with Crippen molar-refractivity contribution in [1.29, 1.82) is 0 Å². The summed E-state index contributed by atoms with van der Waals surface area (Å²) in [4.78, 5) is 10.3. The summed E-state index contributed by atoms with van der Waals surface area (Å²) in [5.74, 6) is 0.776. The first-order valence-corrected chi connectivity index (χ1v) is 4.88. The zero-order chi connectivity index (χ0) is 9.97. The van der Waals surface area contributed by atoms with Crippen molar-refractivity contribution >= 4 is 0 Å². The third-order valence-electron chi connectivity index (χ3n) is 2.46. The first-order valence-electron chi connectivity index (χ1n) is 4.88. The van der Waals surface area contributed by atoms with Gasteiger partial charge in [0.1, 0.15) is 12.0 Å². The van der Waals surface area contributed by atoms with Crippen molar-refractivity contribution in [2.45, 2.75) is 26.1 Å². The van der Waals surface area contributed by atoms with E-state index in [1.807, 2.05) is 19.3 Å². The predicted molar refractivity (Wildman–Crippen MR) is 51.6 cm³/mol. The molecule has 0 radical (unpaired) electrons. The van der Waals surface area contributed by atoms with Crippen LogP contribution in [0.2, 0.25) is 0 Å². The topological polar surface area (TPSA) is 29.0 Å². The molecule has 14 heavy (non-hydrogen) atoms. The molecule has 1 fully saturated rings. The van der Waals surface area contributed by atoms with Gasteiger partial charge < -0.3 is 0 Å². The number of halogens is 1. The van der Waals surface area contributed by atoms with Gasteiger partial charge in [0, 0.05) is 37.6 Å². The van der Waals surface area contributed by atoms with Gasteiger partial charge in [0.15, 0.2) is 0 Å². The maximum atomic E-state index is 12.9. The Kier molecular flexibility index (Phi) is 2.72. The number of aryl methyl sites for hydroxylation is 1. The van der Waals surface area contributed by atoms with E-state index in [9.17, 15) is 4.39 Å². The van der Waals surface area contributed by atoms with Gasteiger partial charge >= 0.3 is 0 Å². The van der Waals surface area contributed by atoms with Crippen molar-refractivity contribution in [3.8, 4) is 0 Å². The minimum Gasteiger partial charge on any atom is -0.296 e. The summed E-state index contributed by atoms with van der Waals surface area (Å²) in [6.07, 6.45) is 3.63. The van der Waals surface area contributed by atoms with Gasteiger partial charge in [0.05, 0.1) is 0 Å². The van der Waals surface area contributed by atoms with Gasteiger partial charge in [0.2, 0.25) is 0 Å². The number of alkyl halides is 1. The van der Waals surface area contributed by atoms with E-state index in [4.69, 9.17) is 0 Å². The molecule has 3 nitrogen and oxygen atoms in total. The quantitative estimate of drug-likeness (QED) is 0.713. The number of hydrogen-bond donors (Lipinski definition) is 0. The van der Waals surface area contributed by atoms with Crippen molar-refractivity contribution in [1.82, 2.24) is 14.9 Å². The van der Waals surface area contributed by atoms with Crippen molar-refractivity contribution in [2.24, 2.45) is 0 Å². The van der Waals surface area contributed by atoms with Gasteiger partial charge in [0.25, 0.3) is 0 Å². The summed E-state index contributed by atoms with van der Waals surface area (Å²) in [5.41, 5.74) is 1.06. The Hall–Kier alpha value is -1.03. The second-order valence-electron chi connectivity index (χ2n) is 3.76. The van der Waals surface area contributed by atoms with Crippen LogP contribution in [0.25, 0.3) is 0 Å². The Labute approximate surface area is 83.0 Å². The summed E-state index contributed by atoms with van der Waals surface area (Å²) >= 11 is 0. The van der Waals surface area contributed by atoms with Crippen LogP contribution in [0.3, 0.4) is 0 Å². The van der Waals surface area contributed by atoms with E-state index >= 15 is 0 Å². The molecule has 0 unspecified atom stereocenters. The lowest BCUT2D eigenvalue weighted by Crippen LogP contribution is -2.20. The van der Waals surface area contributed by atoms with Crippen molar-refractivity contribution < 1.29 is 4.39 Å². The Morgan fingerprint density at radius 1 is 1.50 bits per heavy atom. The summed E-state index contributed by atoms with van der Waals surface area (Å²) in [6.45, 7) is 4.01. The predicted octanol–water partition coefficient (Wildman–Crippen LogP) is 1.33. The third-order valence-corrected chi connectivity index (χ3v) is 2.46. The molecule has 76 valence electrons. The van der Waals surface area contributed by atoms with Crippen LogP contribution in [0.1, 0.15) is 17.8 Å². The third kappa shape index (κ3) is 2.26. The number of hydrogen-bond acceptors (Lipinski definition) is 3. The monoisotopic (exact) mass is 195 g/mol. The maximum absolute atomic E-state index is 12.9. The van der Waals surface area contributed by atoms with E-state index in [-0.39, 0.29) is 0 Å². The lowest BCUT2D eigenvalue weighted by molar-refractivity contribution is 0.282. The molecule has 1 aromatic heterocycles. The van der Waals surface area contributed by atoms with E-state index in [2.05, 4.69) is 14.9 Å². The molecule has 0 spiro atoms. The van der Waals surface area contributed by atoms with E-state index < -0.39 is 6.17 Å². The van der Waals surface area contributed by atoms with E-state index in [0.717, 1.165) is 24.5 Å². The zero-order valence-electron chi connectivity index (χ0n) is 8.28. The largest absolute Gasteiger partial charge is 0.296 e. The molecule has 1 aliphatic rings. The number of rotatable bonds is 2. The Morgan fingerprint density at radius 3 is 2.79 bits per heavy atom. The molecule has 4 heteroatoms. The average molecular weight is 195 g/mol. The first-order chi connectivity index (χ1) is 6.74.